The Morgan fingerprint density at radius 1 is 1.33 bits per heavy atom. The van der Waals surface area contributed by atoms with Crippen molar-refractivity contribution >= 4 is 0 Å². The predicted octanol–water partition coefficient (Wildman–Crippen LogP) is 0.944. The zero-order valence-corrected chi connectivity index (χ0v) is 10.7. The van der Waals surface area contributed by atoms with Crippen molar-refractivity contribution < 1.29 is 0 Å². The molecule has 96 valence electrons. The molecule has 2 rings (SSSR count). The summed E-state index contributed by atoms with van der Waals surface area (Å²) in [6, 6.07) is -0.177. The quantitative estimate of drug-likeness (QED) is 0.606. The van der Waals surface area contributed by atoms with Crippen molar-refractivity contribution in [1.29, 1.82) is 0 Å². The van der Waals surface area contributed by atoms with E-state index in [0.29, 0.717) is 0 Å². The number of nitrogens with zero attached hydrogens (tertiary/aromatic N) is 4. The molecule has 0 fully saturated rings. The van der Waals surface area contributed by atoms with Crippen LogP contribution in [-0.4, -0.2) is 19.7 Å². The molecule has 0 bridgehead atoms. The molecule has 0 radical (unpaired) electrons. The van der Waals surface area contributed by atoms with Gasteiger partial charge in [0.1, 0.15) is 0 Å². The minimum atomic E-state index is -0.177. The highest BCUT2D eigenvalue weighted by molar-refractivity contribution is 5.22. The van der Waals surface area contributed by atoms with E-state index in [-0.39, 0.29) is 6.04 Å². The monoisotopic (exact) mass is 246 g/mol. The van der Waals surface area contributed by atoms with Crippen molar-refractivity contribution in [2.24, 2.45) is 5.84 Å². The molecule has 0 amide bonds. The standard InChI is InChI=1S/C12H18N6/c1-3-4-18-8-10(6-16-18)12(17-13)11-7-14-9(2)5-15-11/h5-8,12,17H,3-4,13H2,1-2H3. The Bertz CT molecular complexity index is 490. The van der Waals surface area contributed by atoms with Gasteiger partial charge in [-0.05, 0) is 13.3 Å². The van der Waals surface area contributed by atoms with E-state index in [4.69, 9.17) is 5.84 Å². The summed E-state index contributed by atoms with van der Waals surface area (Å²) in [6.45, 7) is 4.92. The number of nitrogens with two attached hydrogens (primary N) is 1. The molecule has 0 aliphatic rings. The average molecular weight is 246 g/mol. The van der Waals surface area contributed by atoms with Crippen molar-refractivity contribution in [3.05, 3.63) is 41.7 Å². The van der Waals surface area contributed by atoms with Crippen LogP contribution in [0.5, 0.6) is 0 Å². The van der Waals surface area contributed by atoms with Gasteiger partial charge in [0, 0.05) is 24.5 Å². The summed E-state index contributed by atoms with van der Waals surface area (Å²) in [6.07, 6.45) is 8.30. The first-order valence-corrected chi connectivity index (χ1v) is 6.01. The van der Waals surface area contributed by atoms with Crippen molar-refractivity contribution in [2.45, 2.75) is 32.9 Å². The summed E-state index contributed by atoms with van der Waals surface area (Å²) in [5.74, 6) is 5.60. The Labute approximate surface area is 106 Å². The van der Waals surface area contributed by atoms with Crippen LogP contribution in [0.25, 0.3) is 0 Å². The third-order valence-electron chi connectivity index (χ3n) is 2.70. The highest BCUT2D eigenvalue weighted by Crippen LogP contribution is 2.18. The lowest BCUT2D eigenvalue weighted by Crippen LogP contribution is -2.29. The lowest BCUT2D eigenvalue weighted by Gasteiger charge is -2.12. The fraction of sp³-hybridized carbons (Fsp3) is 0.417. The molecule has 2 aromatic heterocycles. The Hall–Kier alpha value is -1.79. The van der Waals surface area contributed by atoms with Crippen molar-refractivity contribution in [1.82, 2.24) is 25.2 Å². The van der Waals surface area contributed by atoms with Crippen molar-refractivity contribution in [3.8, 4) is 0 Å². The van der Waals surface area contributed by atoms with Gasteiger partial charge in [-0.2, -0.15) is 5.10 Å². The molecule has 6 nitrogen and oxygen atoms in total. The van der Waals surface area contributed by atoms with Gasteiger partial charge in [-0.15, -0.1) is 0 Å². The number of hydrogen-bond donors (Lipinski definition) is 2. The summed E-state index contributed by atoms with van der Waals surface area (Å²) in [5, 5.41) is 4.29. The largest absolute Gasteiger partial charge is 0.272 e. The molecule has 0 aromatic carbocycles. The fourth-order valence-electron chi connectivity index (χ4n) is 1.78. The molecule has 1 atom stereocenters. The van der Waals surface area contributed by atoms with Crippen LogP contribution in [0.1, 0.15) is 36.3 Å². The van der Waals surface area contributed by atoms with Crippen LogP contribution in [0.15, 0.2) is 24.8 Å². The third kappa shape index (κ3) is 2.72. The van der Waals surface area contributed by atoms with Gasteiger partial charge in [-0.3, -0.25) is 20.5 Å². The molecule has 0 saturated heterocycles. The van der Waals surface area contributed by atoms with Gasteiger partial charge in [0.05, 0.1) is 29.8 Å². The first-order valence-electron chi connectivity index (χ1n) is 6.01. The van der Waals surface area contributed by atoms with Crippen LogP contribution in [0.4, 0.5) is 0 Å². The molecule has 2 aromatic rings. The molecule has 0 aliphatic carbocycles. The number of rotatable bonds is 5. The topological polar surface area (TPSA) is 81.7 Å². The second kappa shape index (κ2) is 5.70. The van der Waals surface area contributed by atoms with Gasteiger partial charge in [-0.25, -0.2) is 5.43 Å². The number of aryl methyl sites for hydroxylation is 2. The molecule has 0 aliphatic heterocycles. The number of nitrogens with one attached hydrogen (secondary N) is 1. The van der Waals surface area contributed by atoms with E-state index < -0.39 is 0 Å². The van der Waals surface area contributed by atoms with Crippen LogP contribution in [0.3, 0.4) is 0 Å². The molecular formula is C12H18N6. The lowest BCUT2D eigenvalue weighted by molar-refractivity contribution is 0.594. The molecular weight excluding hydrogens is 228 g/mol. The van der Waals surface area contributed by atoms with Gasteiger partial charge in [0.15, 0.2) is 0 Å². The van der Waals surface area contributed by atoms with Crippen molar-refractivity contribution in [3.63, 3.8) is 0 Å². The molecule has 18 heavy (non-hydrogen) atoms. The van der Waals surface area contributed by atoms with E-state index in [1.807, 2.05) is 24.0 Å². The van der Waals surface area contributed by atoms with Gasteiger partial charge in [0.25, 0.3) is 0 Å². The lowest BCUT2D eigenvalue weighted by atomic mass is 10.1. The van der Waals surface area contributed by atoms with E-state index in [2.05, 4.69) is 27.4 Å². The van der Waals surface area contributed by atoms with Crippen LogP contribution in [0, 0.1) is 6.92 Å². The molecule has 3 N–H and O–H groups in total. The summed E-state index contributed by atoms with van der Waals surface area (Å²) in [5.41, 5.74) is 5.42. The highest BCUT2D eigenvalue weighted by Gasteiger charge is 2.16. The van der Waals surface area contributed by atoms with E-state index >= 15 is 0 Å². The third-order valence-corrected chi connectivity index (χ3v) is 2.70. The normalized spacial score (nSPS) is 12.6. The van der Waals surface area contributed by atoms with Crippen LogP contribution in [-0.2, 0) is 6.54 Å². The number of hydrogen-bond acceptors (Lipinski definition) is 5. The van der Waals surface area contributed by atoms with Crippen LogP contribution in [0.2, 0.25) is 0 Å². The number of hydrazine groups is 1. The Balaban J connectivity index is 2.24. The van der Waals surface area contributed by atoms with Crippen molar-refractivity contribution in [2.75, 3.05) is 0 Å². The van der Waals surface area contributed by atoms with E-state index in [1.54, 1.807) is 12.4 Å². The second-order valence-corrected chi connectivity index (χ2v) is 4.22. The van der Waals surface area contributed by atoms with E-state index in [9.17, 15) is 0 Å². The van der Waals surface area contributed by atoms with Crippen LogP contribution < -0.4 is 11.3 Å². The van der Waals surface area contributed by atoms with Crippen LogP contribution >= 0.6 is 0 Å². The van der Waals surface area contributed by atoms with E-state index in [1.165, 1.54) is 0 Å². The Kier molecular flexibility index (Phi) is 4.01. The Morgan fingerprint density at radius 2 is 2.17 bits per heavy atom. The number of aromatic nitrogens is 4. The molecule has 1 unspecified atom stereocenters. The molecule has 2 heterocycles. The maximum Gasteiger partial charge on any atom is 0.0927 e. The Morgan fingerprint density at radius 3 is 2.78 bits per heavy atom. The summed E-state index contributed by atoms with van der Waals surface area (Å²) in [7, 11) is 0. The highest BCUT2D eigenvalue weighted by atomic mass is 15.3. The maximum atomic E-state index is 5.60. The predicted molar refractivity (Wildman–Crippen MR) is 68.5 cm³/mol. The summed E-state index contributed by atoms with van der Waals surface area (Å²) < 4.78 is 1.90. The first kappa shape index (κ1) is 12.7. The molecule has 0 spiro atoms. The van der Waals surface area contributed by atoms with Gasteiger partial charge >= 0.3 is 0 Å². The van der Waals surface area contributed by atoms with Gasteiger partial charge in [-0.1, -0.05) is 6.92 Å². The molecule has 6 heteroatoms. The summed E-state index contributed by atoms with van der Waals surface area (Å²) in [4.78, 5) is 8.57. The zero-order valence-electron chi connectivity index (χ0n) is 10.7. The minimum Gasteiger partial charge on any atom is -0.272 e. The van der Waals surface area contributed by atoms with E-state index in [0.717, 1.165) is 29.9 Å². The summed E-state index contributed by atoms with van der Waals surface area (Å²) >= 11 is 0. The smallest absolute Gasteiger partial charge is 0.0927 e. The fourth-order valence-corrected chi connectivity index (χ4v) is 1.78. The van der Waals surface area contributed by atoms with Gasteiger partial charge in [0.2, 0.25) is 0 Å². The van der Waals surface area contributed by atoms with Gasteiger partial charge < -0.3 is 0 Å². The second-order valence-electron chi connectivity index (χ2n) is 4.22. The first-order chi connectivity index (χ1) is 8.74. The zero-order chi connectivity index (χ0) is 13.0. The molecule has 0 saturated carbocycles. The minimum absolute atomic E-state index is 0.177. The SMILES string of the molecule is CCCn1cc(C(NN)c2cnc(C)cn2)cn1. The average Bonchev–Trinajstić information content (AvgIpc) is 2.82. The maximum absolute atomic E-state index is 5.60.